The molecule has 1 aromatic carbocycles. The van der Waals surface area contributed by atoms with Crippen molar-refractivity contribution in [2.45, 2.75) is 25.4 Å². The van der Waals surface area contributed by atoms with E-state index < -0.39 is 0 Å². The molecule has 3 nitrogen and oxygen atoms in total. The maximum absolute atomic E-state index is 5.98. The zero-order valence-corrected chi connectivity index (χ0v) is 12.3. The van der Waals surface area contributed by atoms with Gasteiger partial charge in [0.15, 0.2) is 0 Å². The van der Waals surface area contributed by atoms with E-state index in [9.17, 15) is 0 Å². The summed E-state index contributed by atoms with van der Waals surface area (Å²) in [5, 5.41) is 4.56. The molecule has 0 bridgehead atoms. The molecule has 1 aliphatic rings. The van der Waals surface area contributed by atoms with E-state index in [0.717, 1.165) is 17.9 Å². The molecule has 1 aliphatic carbocycles. The van der Waals surface area contributed by atoms with Gasteiger partial charge in [0.2, 0.25) is 0 Å². The van der Waals surface area contributed by atoms with E-state index in [1.165, 1.54) is 12.8 Å². The van der Waals surface area contributed by atoms with E-state index >= 15 is 0 Å². The summed E-state index contributed by atoms with van der Waals surface area (Å²) in [4.78, 5) is 4.15. The van der Waals surface area contributed by atoms with Crippen molar-refractivity contribution < 1.29 is 4.74 Å². The fourth-order valence-electron chi connectivity index (χ4n) is 1.90. The highest BCUT2D eigenvalue weighted by Crippen LogP contribution is 2.30. The Morgan fingerprint density at radius 3 is 2.65 bits per heavy atom. The molecule has 5 heteroatoms. The normalized spacial score (nSPS) is 14.3. The fraction of sp³-hybridized carbons (Fsp3) is 0.267. The number of benzene rings is 1. The van der Waals surface area contributed by atoms with Gasteiger partial charge in [0.25, 0.3) is 0 Å². The van der Waals surface area contributed by atoms with Crippen molar-refractivity contribution in [2.75, 3.05) is 0 Å². The maximum Gasteiger partial charge on any atom is 0.134 e. The van der Waals surface area contributed by atoms with Crippen LogP contribution in [0.3, 0.4) is 0 Å². The van der Waals surface area contributed by atoms with Gasteiger partial charge in [0, 0.05) is 40.6 Å². The van der Waals surface area contributed by atoms with Crippen LogP contribution in [0.15, 0.2) is 36.7 Å². The van der Waals surface area contributed by atoms with Crippen molar-refractivity contribution in [3.05, 3.63) is 52.3 Å². The first-order valence-corrected chi connectivity index (χ1v) is 7.26. The lowest BCUT2D eigenvalue weighted by Gasteiger charge is -2.11. The molecule has 0 saturated heterocycles. The molecule has 1 fully saturated rings. The first-order valence-electron chi connectivity index (χ1n) is 6.51. The van der Waals surface area contributed by atoms with Crippen molar-refractivity contribution in [1.82, 2.24) is 10.3 Å². The Morgan fingerprint density at radius 1 is 1.20 bits per heavy atom. The number of hydrogen-bond acceptors (Lipinski definition) is 3. The summed E-state index contributed by atoms with van der Waals surface area (Å²) in [5.74, 6) is 1.40. The van der Waals surface area contributed by atoms with Gasteiger partial charge >= 0.3 is 0 Å². The molecule has 0 unspecified atom stereocenters. The van der Waals surface area contributed by atoms with Crippen LogP contribution in [0.25, 0.3) is 0 Å². The second kappa shape index (κ2) is 6.00. The zero-order valence-electron chi connectivity index (χ0n) is 10.8. The lowest BCUT2D eigenvalue weighted by Crippen LogP contribution is -2.15. The molecule has 0 radical (unpaired) electrons. The third-order valence-corrected chi connectivity index (χ3v) is 3.52. The van der Waals surface area contributed by atoms with E-state index in [2.05, 4.69) is 10.3 Å². The Hall–Kier alpha value is -1.29. The van der Waals surface area contributed by atoms with Crippen LogP contribution in [0.4, 0.5) is 0 Å². The Kier molecular flexibility index (Phi) is 4.10. The first-order chi connectivity index (χ1) is 9.70. The average Bonchev–Trinajstić information content (AvgIpc) is 3.20. The number of aromatic nitrogens is 1. The predicted molar refractivity (Wildman–Crippen MR) is 80.6 cm³/mol. The number of nitrogens with zero attached hydrogens (tertiary/aromatic N) is 1. The van der Waals surface area contributed by atoms with Crippen LogP contribution >= 0.6 is 23.2 Å². The minimum absolute atomic E-state index is 0.555. The van der Waals surface area contributed by atoms with Crippen LogP contribution in [-0.2, 0) is 6.54 Å². The second-order valence-corrected chi connectivity index (χ2v) is 5.72. The monoisotopic (exact) mass is 308 g/mol. The van der Waals surface area contributed by atoms with Gasteiger partial charge < -0.3 is 10.1 Å². The maximum atomic E-state index is 5.98. The molecule has 20 heavy (non-hydrogen) atoms. The van der Waals surface area contributed by atoms with Gasteiger partial charge in [0.1, 0.15) is 11.5 Å². The summed E-state index contributed by atoms with van der Waals surface area (Å²) in [6.07, 6.45) is 6.03. The highest BCUT2D eigenvalue weighted by Gasteiger charge is 2.20. The zero-order chi connectivity index (χ0) is 13.9. The number of halogens is 2. The molecule has 0 aliphatic heterocycles. The Labute approximate surface area is 127 Å². The standard InChI is InChI=1S/C15H14Cl2N2O/c16-11-5-12(17)7-14(6-11)20-15-3-4-18-8-10(15)9-19-13-1-2-13/h3-8,13,19H,1-2,9H2. The molecule has 104 valence electrons. The van der Waals surface area contributed by atoms with E-state index in [1.54, 1.807) is 24.4 Å². The average molecular weight is 309 g/mol. The van der Waals surface area contributed by atoms with Crippen molar-refractivity contribution in [3.8, 4) is 11.5 Å². The van der Waals surface area contributed by atoms with E-state index in [1.807, 2.05) is 12.3 Å². The molecule has 0 atom stereocenters. The van der Waals surface area contributed by atoms with Gasteiger partial charge in [-0.25, -0.2) is 0 Å². The molecule has 1 heterocycles. The number of hydrogen-bond donors (Lipinski definition) is 1. The molecule has 3 rings (SSSR count). The Bertz CT molecular complexity index is 594. The summed E-state index contributed by atoms with van der Waals surface area (Å²) in [5.41, 5.74) is 1.02. The molecular formula is C15H14Cl2N2O. The van der Waals surface area contributed by atoms with Crippen LogP contribution < -0.4 is 10.1 Å². The van der Waals surface area contributed by atoms with Gasteiger partial charge in [-0.05, 0) is 37.1 Å². The number of pyridine rings is 1. The minimum atomic E-state index is 0.555. The van der Waals surface area contributed by atoms with Crippen molar-refractivity contribution in [1.29, 1.82) is 0 Å². The van der Waals surface area contributed by atoms with Gasteiger partial charge in [0.05, 0.1) is 0 Å². The van der Waals surface area contributed by atoms with E-state index in [-0.39, 0.29) is 0 Å². The summed E-state index contributed by atoms with van der Waals surface area (Å²) in [7, 11) is 0. The van der Waals surface area contributed by atoms with Crippen molar-refractivity contribution in [2.24, 2.45) is 0 Å². The van der Waals surface area contributed by atoms with Crippen molar-refractivity contribution in [3.63, 3.8) is 0 Å². The highest BCUT2D eigenvalue weighted by atomic mass is 35.5. The largest absolute Gasteiger partial charge is 0.457 e. The van der Waals surface area contributed by atoms with Crippen LogP contribution in [-0.4, -0.2) is 11.0 Å². The smallest absolute Gasteiger partial charge is 0.134 e. The number of ether oxygens (including phenoxy) is 1. The van der Waals surface area contributed by atoms with Gasteiger partial charge in [-0.15, -0.1) is 0 Å². The van der Waals surface area contributed by atoms with Gasteiger partial charge in [-0.1, -0.05) is 23.2 Å². The van der Waals surface area contributed by atoms with E-state index in [4.69, 9.17) is 27.9 Å². The minimum Gasteiger partial charge on any atom is -0.457 e. The van der Waals surface area contributed by atoms with Crippen molar-refractivity contribution >= 4 is 23.2 Å². The Balaban J connectivity index is 1.78. The molecule has 0 spiro atoms. The third kappa shape index (κ3) is 3.63. The molecule has 1 saturated carbocycles. The third-order valence-electron chi connectivity index (χ3n) is 3.08. The van der Waals surface area contributed by atoms with Gasteiger partial charge in [-0.2, -0.15) is 0 Å². The molecule has 1 aromatic heterocycles. The quantitative estimate of drug-likeness (QED) is 0.887. The highest BCUT2D eigenvalue weighted by molar-refractivity contribution is 6.34. The summed E-state index contributed by atoms with van der Waals surface area (Å²) in [6.45, 7) is 0.752. The summed E-state index contributed by atoms with van der Waals surface area (Å²) in [6, 6.07) is 7.65. The molecular weight excluding hydrogens is 295 g/mol. The molecule has 0 amide bonds. The van der Waals surface area contributed by atoms with Crippen LogP contribution in [0, 0.1) is 0 Å². The topological polar surface area (TPSA) is 34.1 Å². The number of rotatable bonds is 5. The summed E-state index contributed by atoms with van der Waals surface area (Å²) >= 11 is 12.0. The Morgan fingerprint density at radius 2 is 1.95 bits per heavy atom. The summed E-state index contributed by atoms with van der Waals surface area (Å²) < 4.78 is 5.87. The van der Waals surface area contributed by atoms with Gasteiger partial charge in [-0.3, -0.25) is 4.98 Å². The fourth-order valence-corrected chi connectivity index (χ4v) is 2.41. The predicted octanol–water partition coefficient (Wildman–Crippen LogP) is 4.43. The van der Waals surface area contributed by atoms with Crippen LogP contribution in [0.2, 0.25) is 10.0 Å². The van der Waals surface area contributed by atoms with E-state index in [0.29, 0.717) is 21.8 Å². The number of nitrogens with one attached hydrogen (secondary N) is 1. The lowest BCUT2D eigenvalue weighted by atomic mass is 10.2. The van der Waals surface area contributed by atoms with Crippen LogP contribution in [0.1, 0.15) is 18.4 Å². The second-order valence-electron chi connectivity index (χ2n) is 4.85. The molecule has 1 N–H and O–H groups in total. The molecule has 2 aromatic rings. The van der Waals surface area contributed by atoms with Crippen LogP contribution in [0.5, 0.6) is 11.5 Å². The first kappa shape index (κ1) is 13.7. The SMILES string of the molecule is Clc1cc(Cl)cc(Oc2ccncc2CNC2CC2)c1. The lowest BCUT2D eigenvalue weighted by molar-refractivity contribution is 0.471.